The van der Waals surface area contributed by atoms with Gasteiger partial charge in [-0.3, -0.25) is 4.79 Å². The zero-order valence-corrected chi connectivity index (χ0v) is 10.9. The second kappa shape index (κ2) is 5.30. The van der Waals surface area contributed by atoms with Crippen LogP contribution in [0.4, 0.5) is 13.2 Å². The average molecular weight is 265 g/mol. The lowest BCUT2D eigenvalue weighted by molar-refractivity contribution is -0.881. The Balaban J connectivity index is 2.75. The molecule has 0 aromatic carbocycles. The molecule has 0 aromatic heterocycles. The molecular weight excluding hydrogens is 245 g/mol. The van der Waals surface area contributed by atoms with E-state index in [1.807, 2.05) is 0 Å². The molecule has 1 amide bonds. The maximum absolute atomic E-state index is 12.9. The summed E-state index contributed by atoms with van der Waals surface area (Å²) in [6.07, 6.45) is -0.861. The van der Waals surface area contributed by atoms with Crippen LogP contribution in [0.25, 0.3) is 0 Å². The van der Waals surface area contributed by atoms with E-state index >= 15 is 0 Å². The lowest BCUT2D eigenvalue weighted by Gasteiger charge is -2.23. The summed E-state index contributed by atoms with van der Waals surface area (Å²) in [4.78, 5) is 11.8. The molecule has 1 saturated heterocycles. The molecule has 1 rings (SSSR count). The van der Waals surface area contributed by atoms with Gasteiger partial charge in [-0.2, -0.15) is 13.2 Å². The van der Waals surface area contributed by atoms with Gasteiger partial charge in [0, 0.05) is 6.54 Å². The molecule has 0 aliphatic carbocycles. The van der Waals surface area contributed by atoms with Gasteiger partial charge in [-0.05, 0) is 6.92 Å². The Hall–Kier alpha value is -1.04. The van der Waals surface area contributed by atoms with Gasteiger partial charge in [0.25, 0.3) is 0 Å². The Morgan fingerprint density at radius 2 is 2.00 bits per heavy atom. The van der Waals surface area contributed by atoms with Crippen molar-refractivity contribution in [1.82, 2.24) is 5.32 Å². The van der Waals surface area contributed by atoms with Gasteiger partial charge in [0.1, 0.15) is 11.8 Å². The molecule has 0 spiro atoms. The molecule has 0 bridgehead atoms. The first-order chi connectivity index (χ1) is 8.17. The van der Waals surface area contributed by atoms with Crippen LogP contribution in [-0.2, 0) is 4.79 Å². The number of rotatable bonds is 3. The second-order valence-corrected chi connectivity index (χ2v) is 5.37. The van der Waals surface area contributed by atoms with Crippen LogP contribution >= 0.6 is 0 Å². The van der Waals surface area contributed by atoms with Gasteiger partial charge >= 0.3 is 6.18 Å². The predicted molar refractivity (Wildman–Crippen MR) is 62.7 cm³/mol. The number of carbonyl (C=O) groups is 1. The molecule has 1 aliphatic heterocycles. The number of hydrogen-bond donors (Lipinski definition) is 1. The lowest BCUT2D eigenvalue weighted by Crippen LogP contribution is -2.40. The Morgan fingerprint density at radius 3 is 2.50 bits per heavy atom. The summed E-state index contributed by atoms with van der Waals surface area (Å²) in [5.41, 5.74) is 0. The molecule has 1 aliphatic rings. The Kier molecular flexibility index (Phi) is 4.42. The van der Waals surface area contributed by atoms with E-state index in [1.165, 1.54) is 0 Å². The summed E-state index contributed by atoms with van der Waals surface area (Å²) in [5, 5.41) is 2.53. The van der Waals surface area contributed by atoms with E-state index < -0.39 is 23.9 Å². The van der Waals surface area contributed by atoms with Crippen LogP contribution in [0.2, 0.25) is 0 Å². The molecule has 18 heavy (non-hydrogen) atoms. The molecule has 0 aromatic rings. The van der Waals surface area contributed by atoms with E-state index in [4.69, 9.17) is 0 Å². The molecule has 0 radical (unpaired) electrons. The summed E-state index contributed by atoms with van der Waals surface area (Å²) < 4.78 is 38.9. The van der Waals surface area contributed by atoms with Crippen molar-refractivity contribution in [3.8, 4) is 0 Å². The summed E-state index contributed by atoms with van der Waals surface area (Å²) in [7, 11) is 3.44. The predicted octanol–water partition coefficient (Wildman–Crippen LogP) is 1.56. The third kappa shape index (κ3) is 3.73. The number of alkyl halides is 3. The highest BCUT2D eigenvalue weighted by molar-refractivity contribution is 5.79. The molecular formula is C12H20F3N2O+. The molecule has 1 fully saturated rings. The molecule has 2 unspecified atom stereocenters. The van der Waals surface area contributed by atoms with Crippen LogP contribution < -0.4 is 5.32 Å². The fourth-order valence-corrected chi connectivity index (χ4v) is 2.40. The van der Waals surface area contributed by atoms with Gasteiger partial charge in [-0.1, -0.05) is 12.2 Å². The number of nitrogens with zero attached hydrogens (tertiary/aromatic N) is 1. The molecule has 0 saturated carbocycles. The van der Waals surface area contributed by atoms with Crippen molar-refractivity contribution in [1.29, 1.82) is 0 Å². The van der Waals surface area contributed by atoms with Crippen molar-refractivity contribution in [2.75, 3.05) is 33.7 Å². The van der Waals surface area contributed by atoms with Crippen molar-refractivity contribution in [2.24, 2.45) is 11.8 Å². The van der Waals surface area contributed by atoms with Crippen LogP contribution in [0.3, 0.4) is 0 Å². The van der Waals surface area contributed by atoms with Crippen molar-refractivity contribution < 1.29 is 22.4 Å². The monoisotopic (exact) mass is 265 g/mol. The first-order valence-corrected chi connectivity index (χ1v) is 5.95. The molecule has 104 valence electrons. The van der Waals surface area contributed by atoms with Gasteiger partial charge in [-0.25, -0.2) is 0 Å². The maximum atomic E-state index is 12.9. The van der Waals surface area contributed by atoms with Gasteiger partial charge in [0.2, 0.25) is 5.91 Å². The third-order valence-electron chi connectivity index (χ3n) is 3.25. The average Bonchev–Trinajstić information content (AvgIpc) is 2.54. The van der Waals surface area contributed by atoms with Gasteiger partial charge < -0.3 is 9.80 Å². The van der Waals surface area contributed by atoms with E-state index in [1.54, 1.807) is 33.2 Å². The molecule has 3 nitrogen and oxygen atoms in total. The maximum Gasteiger partial charge on any atom is 0.398 e. The van der Waals surface area contributed by atoms with E-state index in [9.17, 15) is 18.0 Å². The Bertz CT molecular complexity index is 337. The molecule has 2 atom stereocenters. The van der Waals surface area contributed by atoms with Crippen molar-refractivity contribution in [3.05, 3.63) is 12.2 Å². The number of nitrogens with one attached hydrogen (secondary N) is 1. The number of halogens is 3. The first-order valence-electron chi connectivity index (χ1n) is 5.95. The first kappa shape index (κ1) is 15.0. The summed E-state index contributed by atoms with van der Waals surface area (Å²) >= 11 is 0. The topological polar surface area (TPSA) is 29.1 Å². The normalized spacial score (nSPS) is 27.7. The standard InChI is InChI=1S/C12H19F3N2O/c1-4-5-6-16-11(18)9-7-17(2,3)8-10(9)12(13,14)15/h4-5,9-10H,6-8H2,1-3H3/p+1/b5-4+. The fraction of sp³-hybridized carbons (Fsp3) is 0.750. The molecule has 6 heteroatoms. The SMILES string of the molecule is C/C=C/CNC(=O)C1C[N+](C)(C)CC1C(F)(F)F. The second-order valence-electron chi connectivity index (χ2n) is 5.37. The number of quaternary nitrogens is 1. The van der Waals surface area contributed by atoms with Crippen molar-refractivity contribution in [3.63, 3.8) is 0 Å². The van der Waals surface area contributed by atoms with Crippen molar-refractivity contribution in [2.45, 2.75) is 13.1 Å². The quantitative estimate of drug-likeness (QED) is 0.609. The minimum atomic E-state index is -4.31. The van der Waals surface area contributed by atoms with E-state index in [2.05, 4.69) is 5.32 Å². The van der Waals surface area contributed by atoms with E-state index in [-0.39, 0.29) is 24.1 Å². The Labute approximate surface area is 105 Å². The number of hydrogen-bond acceptors (Lipinski definition) is 1. The van der Waals surface area contributed by atoms with Gasteiger partial charge in [0.15, 0.2) is 0 Å². The van der Waals surface area contributed by atoms with Gasteiger partial charge in [0.05, 0.1) is 27.2 Å². The Morgan fingerprint density at radius 1 is 1.39 bits per heavy atom. The van der Waals surface area contributed by atoms with E-state index in [0.29, 0.717) is 0 Å². The van der Waals surface area contributed by atoms with Crippen LogP contribution in [0.5, 0.6) is 0 Å². The van der Waals surface area contributed by atoms with Crippen LogP contribution in [0, 0.1) is 11.8 Å². The summed E-state index contributed by atoms with van der Waals surface area (Å²) in [5.74, 6) is -3.03. The zero-order valence-electron chi connectivity index (χ0n) is 10.9. The third-order valence-corrected chi connectivity index (χ3v) is 3.25. The highest BCUT2D eigenvalue weighted by Crippen LogP contribution is 2.39. The van der Waals surface area contributed by atoms with E-state index in [0.717, 1.165) is 0 Å². The lowest BCUT2D eigenvalue weighted by atomic mass is 9.94. The van der Waals surface area contributed by atoms with Crippen LogP contribution in [-0.4, -0.2) is 50.3 Å². The number of carbonyl (C=O) groups excluding carboxylic acids is 1. The minimum absolute atomic E-state index is 0.0365. The number of allylic oxidation sites excluding steroid dienone is 1. The fourth-order valence-electron chi connectivity index (χ4n) is 2.40. The molecule has 1 N–H and O–H groups in total. The summed E-state index contributed by atoms with van der Waals surface area (Å²) in [6.45, 7) is 2.27. The number of amides is 1. The van der Waals surface area contributed by atoms with Crippen LogP contribution in [0.15, 0.2) is 12.2 Å². The van der Waals surface area contributed by atoms with Gasteiger partial charge in [-0.15, -0.1) is 0 Å². The molecule has 1 heterocycles. The van der Waals surface area contributed by atoms with Crippen molar-refractivity contribution >= 4 is 5.91 Å². The highest BCUT2D eigenvalue weighted by Gasteiger charge is 2.56. The van der Waals surface area contributed by atoms with Crippen LogP contribution in [0.1, 0.15) is 6.92 Å². The largest absolute Gasteiger partial charge is 0.398 e. The highest BCUT2D eigenvalue weighted by atomic mass is 19.4. The zero-order chi connectivity index (χ0) is 14.0. The summed E-state index contributed by atoms with van der Waals surface area (Å²) in [6, 6.07) is 0. The number of likely N-dealkylation sites (tertiary alicyclic amines) is 1. The minimum Gasteiger partial charge on any atom is -0.352 e. The smallest absolute Gasteiger partial charge is 0.352 e.